The second kappa shape index (κ2) is 7.48. The number of carbonyl (C=O) groups is 1. The van der Waals surface area contributed by atoms with Gasteiger partial charge in [0, 0.05) is 65.6 Å². The number of nitrogens with one attached hydrogen (secondary N) is 1. The molecule has 1 saturated heterocycles. The first kappa shape index (κ1) is 17.6. The van der Waals surface area contributed by atoms with Gasteiger partial charge in [-0.25, -0.2) is 4.98 Å². The molecule has 6 nitrogen and oxygen atoms in total. The van der Waals surface area contributed by atoms with Gasteiger partial charge in [-0.2, -0.15) is 0 Å². The van der Waals surface area contributed by atoms with Gasteiger partial charge in [0.2, 0.25) is 0 Å². The first-order chi connectivity index (χ1) is 14.3. The molecule has 0 aliphatic carbocycles. The van der Waals surface area contributed by atoms with Crippen LogP contribution in [0, 0.1) is 0 Å². The smallest absolute Gasteiger partial charge is 0.195 e. The fourth-order valence-electron chi connectivity index (χ4n) is 3.69. The highest BCUT2D eigenvalue weighted by Crippen LogP contribution is 2.28. The number of anilines is 1. The van der Waals surface area contributed by atoms with E-state index in [1.807, 2.05) is 12.3 Å². The number of H-pyrrole nitrogens is 1. The number of ketones is 1. The molecule has 0 bridgehead atoms. The summed E-state index contributed by atoms with van der Waals surface area (Å²) in [7, 11) is 0. The zero-order valence-corrected chi connectivity index (χ0v) is 15.8. The average molecular weight is 384 g/mol. The van der Waals surface area contributed by atoms with E-state index in [4.69, 9.17) is 4.74 Å². The summed E-state index contributed by atoms with van der Waals surface area (Å²) in [5.41, 5.74) is 5.18. The second-order valence-electron chi connectivity index (χ2n) is 7.03. The number of pyridine rings is 2. The van der Waals surface area contributed by atoms with Crippen molar-refractivity contribution in [2.75, 3.05) is 31.2 Å². The van der Waals surface area contributed by atoms with Crippen LogP contribution in [0.4, 0.5) is 5.69 Å². The van der Waals surface area contributed by atoms with Gasteiger partial charge in [-0.15, -0.1) is 0 Å². The highest BCUT2D eigenvalue weighted by molar-refractivity contribution is 6.16. The van der Waals surface area contributed by atoms with E-state index in [2.05, 4.69) is 44.1 Å². The monoisotopic (exact) mass is 384 g/mol. The topological polar surface area (TPSA) is 71.1 Å². The minimum Gasteiger partial charge on any atom is -0.378 e. The molecule has 0 atom stereocenters. The Morgan fingerprint density at radius 2 is 1.76 bits per heavy atom. The summed E-state index contributed by atoms with van der Waals surface area (Å²) in [6.07, 6.45) is 6.82. The number of benzene rings is 1. The third kappa shape index (κ3) is 3.39. The van der Waals surface area contributed by atoms with Gasteiger partial charge in [-0.1, -0.05) is 12.1 Å². The average Bonchev–Trinajstić information content (AvgIpc) is 3.23. The Morgan fingerprint density at radius 1 is 1.00 bits per heavy atom. The van der Waals surface area contributed by atoms with Crippen LogP contribution in [0.3, 0.4) is 0 Å². The van der Waals surface area contributed by atoms with E-state index in [0.29, 0.717) is 16.8 Å². The number of hydrogen-bond acceptors (Lipinski definition) is 5. The summed E-state index contributed by atoms with van der Waals surface area (Å²) in [4.78, 5) is 26.8. The molecule has 1 aliphatic rings. The quantitative estimate of drug-likeness (QED) is 0.544. The molecule has 0 spiro atoms. The fraction of sp³-hybridized carbons (Fsp3) is 0.174. The third-order valence-corrected chi connectivity index (χ3v) is 5.30. The van der Waals surface area contributed by atoms with Crippen molar-refractivity contribution in [1.82, 2.24) is 15.0 Å². The number of ether oxygens (including phenoxy) is 1. The molecule has 4 aromatic rings. The lowest BCUT2D eigenvalue weighted by Crippen LogP contribution is -2.36. The standard InChI is InChI=1S/C23H20N4O2/c28-22(17-5-7-24-8-6-17)21-15-26-23-20(21)13-18(14-25-23)16-1-3-19(4-2-16)27-9-11-29-12-10-27/h1-8,13-15H,9-12H2,(H,25,26). The van der Waals surface area contributed by atoms with E-state index in [-0.39, 0.29) is 5.78 Å². The van der Waals surface area contributed by atoms with Crippen LogP contribution in [0.1, 0.15) is 15.9 Å². The molecule has 6 heteroatoms. The van der Waals surface area contributed by atoms with Gasteiger partial charge >= 0.3 is 0 Å². The molecule has 0 unspecified atom stereocenters. The van der Waals surface area contributed by atoms with E-state index in [1.165, 1.54) is 5.69 Å². The summed E-state index contributed by atoms with van der Waals surface area (Å²) in [6.45, 7) is 3.36. The van der Waals surface area contributed by atoms with Crippen molar-refractivity contribution in [3.8, 4) is 11.1 Å². The lowest BCUT2D eigenvalue weighted by atomic mass is 10.0. The van der Waals surface area contributed by atoms with Crippen molar-refractivity contribution in [3.05, 3.63) is 78.4 Å². The second-order valence-corrected chi connectivity index (χ2v) is 7.03. The normalized spacial score (nSPS) is 14.3. The zero-order valence-electron chi connectivity index (χ0n) is 15.8. The summed E-state index contributed by atoms with van der Waals surface area (Å²) in [5, 5.41) is 0.821. The Morgan fingerprint density at radius 3 is 2.52 bits per heavy atom. The van der Waals surface area contributed by atoms with E-state index < -0.39 is 0 Å². The first-order valence-corrected chi connectivity index (χ1v) is 9.64. The van der Waals surface area contributed by atoms with Crippen molar-refractivity contribution >= 4 is 22.5 Å². The van der Waals surface area contributed by atoms with Crippen LogP contribution in [-0.4, -0.2) is 47.0 Å². The van der Waals surface area contributed by atoms with Crippen LogP contribution in [0.5, 0.6) is 0 Å². The van der Waals surface area contributed by atoms with Crippen molar-refractivity contribution in [2.24, 2.45) is 0 Å². The highest BCUT2D eigenvalue weighted by Gasteiger charge is 2.16. The zero-order chi connectivity index (χ0) is 19.6. The Balaban J connectivity index is 1.47. The van der Waals surface area contributed by atoms with Gasteiger partial charge in [0.15, 0.2) is 5.78 Å². The fourth-order valence-corrected chi connectivity index (χ4v) is 3.69. The van der Waals surface area contributed by atoms with Gasteiger partial charge in [-0.3, -0.25) is 9.78 Å². The van der Waals surface area contributed by atoms with Gasteiger partial charge in [-0.05, 0) is 35.9 Å². The number of aromatic amines is 1. The number of nitrogens with zero attached hydrogens (tertiary/aromatic N) is 3. The predicted molar refractivity (Wildman–Crippen MR) is 112 cm³/mol. The molecule has 29 heavy (non-hydrogen) atoms. The van der Waals surface area contributed by atoms with E-state index >= 15 is 0 Å². The molecule has 1 N–H and O–H groups in total. The number of aromatic nitrogens is 3. The van der Waals surface area contributed by atoms with E-state index in [1.54, 1.807) is 30.7 Å². The van der Waals surface area contributed by atoms with Crippen molar-refractivity contribution in [3.63, 3.8) is 0 Å². The van der Waals surface area contributed by atoms with Gasteiger partial charge in [0.1, 0.15) is 5.65 Å². The van der Waals surface area contributed by atoms with E-state index in [0.717, 1.165) is 42.8 Å². The molecule has 0 saturated carbocycles. The molecule has 3 aromatic heterocycles. The van der Waals surface area contributed by atoms with Crippen molar-refractivity contribution in [1.29, 1.82) is 0 Å². The van der Waals surface area contributed by atoms with Crippen LogP contribution in [0.2, 0.25) is 0 Å². The number of hydrogen-bond donors (Lipinski definition) is 1. The SMILES string of the molecule is O=C(c1ccncc1)c1c[nH]c2ncc(-c3ccc(N4CCOCC4)cc3)cc12. The maximum absolute atomic E-state index is 12.9. The van der Waals surface area contributed by atoms with Crippen molar-refractivity contribution < 1.29 is 9.53 Å². The number of rotatable bonds is 4. The molecule has 1 fully saturated rings. The highest BCUT2D eigenvalue weighted by atomic mass is 16.5. The lowest BCUT2D eigenvalue weighted by Gasteiger charge is -2.28. The Kier molecular flexibility index (Phi) is 4.54. The molecule has 144 valence electrons. The minimum absolute atomic E-state index is 0.0414. The first-order valence-electron chi connectivity index (χ1n) is 9.64. The van der Waals surface area contributed by atoms with Crippen molar-refractivity contribution in [2.45, 2.75) is 0 Å². The molecule has 0 amide bonds. The predicted octanol–water partition coefficient (Wildman–Crippen LogP) is 3.69. The van der Waals surface area contributed by atoms with Crippen LogP contribution < -0.4 is 4.90 Å². The summed E-state index contributed by atoms with van der Waals surface area (Å²) in [5.74, 6) is -0.0414. The maximum Gasteiger partial charge on any atom is 0.195 e. The Labute approximate surface area is 168 Å². The molecule has 1 aromatic carbocycles. The van der Waals surface area contributed by atoms with Gasteiger partial charge in [0.05, 0.1) is 13.2 Å². The number of carbonyl (C=O) groups excluding carboxylic acids is 1. The molecule has 5 rings (SSSR count). The molecule has 4 heterocycles. The Hall–Kier alpha value is -3.51. The largest absolute Gasteiger partial charge is 0.378 e. The van der Waals surface area contributed by atoms with Crippen LogP contribution in [0.15, 0.2) is 67.3 Å². The van der Waals surface area contributed by atoms with Crippen LogP contribution in [0.25, 0.3) is 22.2 Å². The van der Waals surface area contributed by atoms with Gasteiger partial charge in [0.25, 0.3) is 0 Å². The molecule has 0 radical (unpaired) electrons. The summed E-state index contributed by atoms with van der Waals surface area (Å²) in [6, 6.07) is 13.9. The van der Waals surface area contributed by atoms with E-state index in [9.17, 15) is 4.79 Å². The summed E-state index contributed by atoms with van der Waals surface area (Å²) >= 11 is 0. The Bertz CT molecular complexity index is 1150. The van der Waals surface area contributed by atoms with Crippen LogP contribution >= 0.6 is 0 Å². The third-order valence-electron chi connectivity index (χ3n) is 5.30. The summed E-state index contributed by atoms with van der Waals surface area (Å²) < 4.78 is 5.43. The maximum atomic E-state index is 12.9. The lowest BCUT2D eigenvalue weighted by molar-refractivity contribution is 0.104. The molecular weight excluding hydrogens is 364 g/mol. The number of fused-ring (bicyclic) bond motifs is 1. The minimum atomic E-state index is -0.0414. The molecule has 1 aliphatic heterocycles. The van der Waals surface area contributed by atoms with Gasteiger partial charge < -0.3 is 14.6 Å². The van der Waals surface area contributed by atoms with Crippen LogP contribution in [-0.2, 0) is 4.74 Å². The number of morpholine rings is 1. The molecular formula is C23H20N4O2.